The zero-order valence-corrected chi connectivity index (χ0v) is 25.5. The zero-order valence-electron chi connectivity index (χ0n) is 23.6. The average Bonchev–Trinajstić information content (AvgIpc) is 3.22. The van der Waals surface area contributed by atoms with E-state index < -0.39 is 7.05 Å². The van der Waals surface area contributed by atoms with Crippen LogP contribution in [-0.2, 0) is 16.8 Å². The van der Waals surface area contributed by atoms with Gasteiger partial charge in [0.2, 0.25) is 0 Å². The monoisotopic (exact) mass is 531 g/mol. The molecule has 1 aliphatic rings. The van der Waals surface area contributed by atoms with Crippen molar-refractivity contribution < 1.29 is 16.8 Å². The Hall–Kier alpha value is -0.544. The van der Waals surface area contributed by atoms with Gasteiger partial charge in [0.05, 0.1) is 5.69 Å². The molecular weight excluding hydrogens is 480 g/mol. The molecule has 0 fully saturated rings. The van der Waals surface area contributed by atoms with Crippen molar-refractivity contribution in [2.45, 2.75) is 112 Å². The number of hydrogen-bond acceptors (Lipinski definition) is 2. The first kappa shape index (κ1) is 31.5. The van der Waals surface area contributed by atoms with Crippen LogP contribution in [0.4, 0.5) is 5.69 Å². The van der Waals surface area contributed by atoms with E-state index in [-0.39, 0.29) is 16.8 Å². The minimum Gasteiger partial charge on any atom is -0.686 e. The molecule has 5 heteroatoms. The first-order valence-corrected chi connectivity index (χ1v) is 15.3. The van der Waals surface area contributed by atoms with Crippen LogP contribution in [0.5, 0.6) is 0 Å². The molecule has 34 heavy (non-hydrogen) atoms. The van der Waals surface area contributed by atoms with E-state index in [2.05, 4.69) is 92.3 Å². The molecule has 195 valence electrons. The Labute approximate surface area is 222 Å². The number of hydrogen-bond donors (Lipinski definition) is 0. The smallest absolute Gasteiger partial charge is 0.686 e. The maximum absolute atomic E-state index is 5.92. The van der Waals surface area contributed by atoms with E-state index in [0.29, 0.717) is 23.2 Å². The molecule has 0 aromatic heterocycles. The molecule has 1 aromatic rings. The fourth-order valence-electron chi connectivity index (χ4n) is 5.44. The number of benzene rings is 1. The standard InChI is InChI=1S/C29H51N3P.Co/c1-11-32(12-2)20-19-30-27-17-14-18-28(27)33(23(7)8,24(9)10)31-29-25(21(3)4)15-13-16-26(29)22(5)6;/h13,15-16,21-24H,11-12,14,17-20H2,1-10H3;/q-1;+2. The molecule has 0 N–H and O–H groups in total. The molecule has 0 bridgehead atoms. The van der Waals surface area contributed by atoms with Crippen LogP contribution in [0, 0.1) is 0 Å². The van der Waals surface area contributed by atoms with Gasteiger partial charge in [-0.15, -0.1) is 6.54 Å². The fraction of sp³-hybridized carbons (Fsp3) is 0.724. The molecule has 1 aromatic carbocycles. The first-order valence-electron chi connectivity index (χ1n) is 13.5. The molecule has 1 radical (unpaired) electrons. The maximum atomic E-state index is 5.92. The fourth-order valence-corrected chi connectivity index (χ4v) is 10.1. The minimum absolute atomic E-state index is 0. The molecule has 0 saturated heterocycles. The molecule has 0 amide bonds. The number of allylic oxidation sites excluding steroid dienone is 2. The van der Waals surface area contributed by atoms with Crippen LogP contribution in [0.25, 0.3) is 5.32 Å². The summed E-state index contributed by atoms with van der Waals surface area (Å²) >= 11 is 0. The largest absolute Gasteiger partial charge is 2.00 e. The van der Waals surface area contributed by atoms with Crippen molar-refractivity contribution in [3.63, 3.8) is 0 Å². The van der Waals surface area contributed by atoms with Gasteiger partial charge in [-0.25, -0.2) is 0 Å². The van der Waals surface area contributed by atoms with E-state index in [1.54, 1.807) is 5.31 Å². The predicted octanol–water partition coefficient (Wildman–Crippen LogP) is 9.69. The number of nitrogens with zero attached hydrogens (tertiary/aromatic N) is 3. The first-order chi connectivity index (χ1) is 15.6. The van der Waals surface area contributed by atoms with Gasteiger partial charge in [0.15, 0.2) is 0 Å². The Kier molecular flexibility index (Phi) is 13.2. The quantitative estimate of drug-likeness (QED) is 0.247. The Morgan fingerprint density at radius 1 is 0.882 bits per heavy atom. The summed E-state index contributed by atoms with van der Waals surface area (Å²) in [6, 6.07) is 6.85. The van der Waals surface area contributed by atoms with Gasteiger partial charge < -0.3 is 10.2 Å². The van der Waals surface area contributed by atoms with Crippen LogP contribution in [0.15, 0.2) is 34.0 Å². The van der Waals surface area contributed by atoms with E-state index in [1.807, 2.05) is 0 Å². The molecule has 0 saturated carbocycles. The zero-order chi connectivity index (χ0) is 24.8. The van der Waals surface area contributed by atoms with E-state index >= 15 is 0 Å². The molecule has 0 spiro atoms. The van der Waals surface area contributed by atoms with Crippen LogP contribution < -0.4 is 0 Å². The second-order valence-corrected chi connectivity index (χ2v) is 15.1. The van der Waals surface area contributed by atoms with Crippen molar-refractivity contribution in [1.82, 2.24) is 4.90 Å². The topological polar surface area (TPSA) is 29.7 Å². The predicted molar refractivity (Wildman–Crippen MR) is 151 cm³/mol. The molecule has 0 unspecified atom stereocenters. The Morgan fingerprint density at radius 2 is 1.41 bits per heavy atom. The van der Waals surface area contributed by atoms with Crippen molar-refractivity contribution in [3.05, 3.63) is 45.7 Å². The summed E-state index contributed by atoms with van der Waals surface area (Å²) in [6.07, 6.45) is 3.55. The van der Waals surface area contributed by atoms with Crippen LogP contribution in [0.2, 0.25) is 0 Å². The molecule has 0 heterocycles. The normalized spacial score (nSPS) is 14.7. The van der Waals surface area contributed by atoms with Crippen molar-refractivity contribution in [2.75, 3.05) is 26.2 Å². The van der Waals surface area contributed by atoms with E-state index in [4.69, 9.17) is 10.1 Å². The summed E-state index contributed by atoms with van der Waals surface area (Å²) in [4.78, 5) is 2.48. The Morgan fingerprint density at radius 3 is 1.85 bits per heavy atom. The number of likely N-dealkylation sites (N-methyl/N-ethyl adjacent to an activating group) is 1. The van der Waals surface area contributed by atoms with Gasteiger partial charge in [-0.3, -0.25) is 4.74 Å². The third-order valence-electron chi connectivity index (χ3n) is 7.39. The van der Waals surface area contributed by atoms with Crippen molar-refractivity contribution >= 4 is 12.7 Å². The summed E-state index contributed by atoms with van der Waals surface area (Å²) in [5, 5.41) is 6.86. The molecule has 0 atom stereocenters. The third-order valence-corrected chi connectivity index (χ3v) is 12.4. The van der Waals surface area contributed by atoms with Gasteiger partial charge in [0.25, 0.3) is 0 Å². The summed E-state index contributed by atoms with van der Waals surface area (Å²) in [7, 11) is -1.78. The van der Waals surface area contributed by atoms with Gasteiger partial charge in [0, 0.05) is 7.05 Å². The summed E-state index contributed by atoms with van der Waals surface area (Å²) in [6.45, 7) is 27.6. The summed E-state index contributed by atoms with van der Waals surface area (Å²) < 4.78 is 5.92. The molecule has 1 aliphatic carbocycles. The minimum atomic E-state index is -1.78. The van der Waals surface area contributed by atoms with Gasteiger partial charge >= 0.3 is 16.8 Å². The van der Waals surface area contributed by atoms with E-state index in [9.17, 15) is 0 Å². The van der Waals surface area contributed by atoms with Crippen LogP contribution >= 0.6 is 7.05 Å². The Balaban J connectivity index is 0.00000578. The third kappa shape index (κ3) is 7.02. The molecule has 0 aliphatic heterocycles. The van der Waals surface area contributed by atoms with Gasteiger partial charge in [-0.1, -0.05) is 87.4 Å². The average molecular weight is 532 g/mol. The van der Waals surface area contributed by atoms with Crippen LogP contribution in [0.1, 0.15) is 111 Å². The van der Waals surface area contributed by atoms with E-state index in [0.717, 1.165) is 32.6 Å². The summed E-state index contributed by atoms with van der Waals surface area (Å²) in [5.41, 5.74) is 6.56. The van der Waals surface area contributed by atoms with Gasteiger partial charge in [-0.05, 0) is 78.5 Å². The van der Waals surface area contributed by atoms with Gasteiger partial charge in [-0.2, -0.15) is 5.70 Å². The SMILES string of the molecule is CCN(CC)CC[N-]C1=C(P(=Nc2c(C(C)C)cccc2C(C)C)(C(C)C)C(C)C)CCC1.[Co+2]. The van der Waals surface area contributed by atoms with Crippen LogP contribution in [0.3, 0.4) is 0 Å². The Bertz CT molecular complexity index is 813. The van der Waals surface area contributed by atoms with Crippen LogP contribution in [-0.4, -0.2) is 42.4 Å². The molecular formula is C29H51CoN3P+. The van der Waals surface area contributed by atoms with E-state index in [1.165, 1.54) is 35.4 Å². The van der Waals surface area contributed by atoms with Crippen molar-refractivity contribution in [1.29, 1.82) is 0 Å². The number of rotatable bonds is 12. The van der Waals surface area contributed by atoms with Crippen molar-refractivity contribution in [3.8, 4) is 0 Å². The maximum Gasteiger partial charge on any atom is 2.00 e. The van der Waals surface area contributed by atoms with Crippen molar-refractivity contribution in [2.24, 2.45) is 4.74 Å². The summed E-state index contributed by atoms with van der Waals surface area (Å²) in [5.74, 6) is 0.943. The second-order valence-electron chi connectivity index (χ2n) is 10.8. The second kappa shape index (κ2) is 14.3. The van der Waals surface area contributed by atoms with Gasteiger partial charge in [0.1, 0.15) is 0 Å². The molecule has 2 rings (SSSR count). The molecule has 3 nitrogen and oxygen atoms in total.